The van der Waals surface area contributed by atoms with Gasteiger partial charge >= 0.3 is 11.9 Å². The summed E-state index contributed by atoms with van der Waals surface area (Å²) in [6.45, 7) is 3.15. The molecule has 3 N–H and O–H groups in total. The van der Waals surface area contributed by atoms with Gasteiger partial charge in [-0.1, -0.05) is 0 Å². The molecular weight excluding hydrogens is 442 g/mol. The van der Waals surface area contributed by atoms with Gasteiger partial charge in [-0.3, -0.25) is 19.0 Å². The van der Waals surface area contributed by atoms with Crippen LogP contribution in [0.15, 0.2) is 17.4 Å². The average Bonchev–Trinajstić information content (AvgIpc) is 3.35. The van der Waals surface area contributed by atoms with E-state index in [0.717, 1.165) is 0 Å². The lowest BCUT2D eigenvalue weighted by atomic mass is 10.0. The number of nitrogens with one attached hydrogen (secondary N) is 2. The molecule has 0 bridgehead atoms. The van der Waals surface area contributed by atoms with Gasteiger partial charge in [-0.05, 0) is 26.7 Å². The molecule has 13 heteroatoms. The summed E-state index contributed by atoms with van der Waals surface area (Å²) >= 11 is 4.18. The minimum Gasteiger partial charge on any atom is -0.480 e. The van der Waals surface area contributed by atoms with Crippen LogP contribution in [0.4, 0.5) is 0 Å². The number of aromatic nitrogens is 4. The molecule has 1 aliphatic rings. The monoisotopic (exact) mass is 467 g/mol. The van der Waals surface area contributed by atoms with Gasteiger partial charge in [0.05, 0.1) is 25.2 Å². The summed E-state index contributed by atoms with van der Waals surface area (Å²) in [5, 5.41) is 11.6. The smallest absolute Gasteiger partial charge is 0.327 e. The number of esters is 1. The number of H-pyrrole nitrogens is 1. The number of carbonyl (C=O) groups excluding carboxylic acids is 2. The lowest BCUT2D eigenvalue weighted by Gasteiger charge is -2.26. The van der Waals surface area contributed by atoms with E-state index in [-0.39, 0.29) is 42.9 Å². The zero-order valence-corrected chi connectivity index (χ0v) is 18.5. The number of aromatic amines is 1. The summed E-state index contributed by atoms with van der Waals surface area (Å²) in [5.41, 5.74) is 0.288. The maximum absolute atomic E-state index is 12.0. The van der Waals surface area contributed by atoms with E-state index in [9.17, 15) is 24.3 Å². The molecule has 3 heterocycles. The largest absolute Gasteiger partial charge is 0.480 e. The first-order valence-electron chi connectivity index (χ1n) is 10.0. The molecule has 0 aliphatic carbocycles. The molecule has 174 valence electrons. The van der Waals surface area contributed by atoms with Gasteiger partial charge in [-0.15, -0.1) is 0 Å². The molecule has 1 aliphatic heterocycles. The SMILES string of the molecule is CC(C)(S)[C@H](NC(=O)CCC(=O)OC[C@@H]1CC[C@H](n2cnc3c(=O)[nH]cnc32)O1)C(=O)O. The van der Waals surface area contributed by atoms with Gasteiger partial charge in [0.1, 0.15) is 18.9 Å². The number of ether oxygens (including phenoxy) is 2. The van der Waals surface area contributed by atoms with E-state index in [1.54, 1.807) is 18.4 Å². The summed E-state index contributed by atoms with van der Waals surface area (Å²) < 4.78 is 11.8. The second-order valence-electron chi connectivity index (χ2n) is 8.02. The molecule has 1 saturated heterocycles. The molecule has 12 nitrogen and oxygen atoms in total. The number of amides is 1. The van der Waals surface area contributed by atoms with Gasteiger partial charge in [0.15, 0.2) is 11.2 Å². The maximum Gasteiger partial charge on any atom is 0.327 e. The van der Waals surface area contributed by atoms with Crippen molar-refractivity contribution < 1.29 is 29.0 Å². The van der Waals surface area contributed by atoms with E-state index in [2.05, 4.69) is 32.9 Å². The molecule has 0 unspecified atom stereocenters. The van der Waals surface area contributed by atoms with E-state index in [1.807, 2.05) is 0 Å². The second kappa shape index (κ2) is 9.69. The Kier molecular flexibility index (Phi) is 7.19. The molecular formula is C19H25N5O7S. The van der Waals surface area contributed by atoms with Crippen molar-refractivity contribution in [3.8, 4) is 0 Å². The lowest BCUT2D eigenvalue weighted by molar-refractivity contribution is -0.149. The summed E-state index contributed by atoms with van der Waals surface area (Å²) in [5.74, 6) is -2.38. The molecule has 0 saturated carbocycles. The van der Waals surface area contributed by atoms with Crippen molar-refractivity contribution in [1.82, 2.24) is 24.8 Å². The fourth-order valence-corrected chi connectivity index (χ4v) is 3.51. The second-order valence-corrected chi connectivity index (χ2v) is 9.17. The van der Waals surface area contributed by atoms with Gasteiger partial charge < -0.3 is 24.9 Å². The van der Waals surface area contributed by atoms with Crippen LogP contribution in [0.1, 0.15) is 45.8 Å². The third-order valence-electron chi connectivity index (χ3n) is 5.01. The Morgan fingerprint density at radius 1 is 1.38 bits per heavy atom. The van der Waals surface area contributed by atoms with Crippen molar-refractivity contribution in [3.05, 3.63) is 23.0 Å². The molecule has 3 rings (SSSR count). The highest BCUT2D eigenvalue weighted by molar-refractivity contribution is 7.81. The standard InChI is InChI=1S/C19H25N5O7S/c1-19(2,32)15(18(28)29)23-11(25)4-6-13(26)30-7-10-3-5-12(31-10)24-9-22-14-16(24)20-8-21-17(14)27/h8-10,12,15,32H,3-7H2,1-2H3,(H,23,25)(H,28,29)(H,20,21,27)/t10-,12+,15+/m0/s1. The Morgan fingerprint density at radius 2 is 2.12 bits per heavy atom. The van der Waals surface area contributed by atoms with Gasteiger partial charge in [-0.25, -0.2) is 14.8 Å². The lowest BCUT2D eigenvalue weighted by Crippen LogP contribution is -2.51. The number of rotatable bonds is 9. The third kappa shape index (κ3) is 5.65. The Morgan fingerprint density at radius 3 is 2.81 bits per heavy atom. The molecule has 32 heavy (non-hydrogen) atoms. The van der Waals surface area contributed by atoms with Crippen molar-refractivity contribution in [1.29, 1.82) is 0 Å². The van der Waals surface area contributed by atoms with E-state index in [1.165, 1.54) is 12.7 Å². The normalized spacial score (nSPS) is 19.6. The Labute approximate surface area is 188 Å². The highest BCUT2D eigenvalue weighted by Gasteiger charge is 2.33. The number of carbonyl (C=O) groups is 3. The molecule has 2 aromatic rings. The van der Waals surface area contributed by atoms with Crippen molar-refractivity contribution in [2.24, 2.45) is 0 Å². The van der Waals surface area contributed by atoms with Crippen LogP contribution in [0, 0.1) is 0 Å². The van der Waals surface area contributed by atoms with Crippen LogP contribution in [-0.2, 0) is 23.9 Å². The Hall–Kier alpha value is -2.93. The molecule has 3 atom stereocenters. The molecule has 1 amide bonds. The van der Waals surface area contributed by atoms with Gasteiger partial charge in [0.2, 0.25) is 5.91 Å². The number of hydrogen-bond acceptors (Lipinski definition) is 9. The number of thiol groups is 1. The van der Waals surface area contributed by atoms with Crippen molar-refractivity contribution in [3.63, 3.8) is 0 Å². The van der Waals surface area contributed by atoms with E-state index in [0.29, 0.717) is 18.5 Å². The average molecular weight is 468 g/mol. The first-order valence-corrected chi connectivity index (χ1v) is 10.5. The topological polar surface area (TPSA) is 165 Å². The highest BCUT2D eigenvalue weighted by atomic mass is 32.1. The molecule has 0 radical (unpaired) electrons. The first kappa shape index (κ1) is 23.7. The summed E-state index contributed by atoms with van der Waals surface area (Å²) in [7, 11) is 0. The minimum atomic E-state index is -1.21. The van der Waals surface area contributed by atoms with Gasteiger partial charge in [0, 0.05) is 11.2 Å². The number of nitrogens with zero attached hydrogens (tertiary/aromatic N) is 3. The fourth-order valence-electron chi connectivity index (χ4n) is 3.34. The van der Waals surface area contributed by atoms with E-state index in [4.69, 9.17) is 9.47 Å². The molecule has 1 fully saturated rings. The van der Waals surface area contributed by atoms with Crippen LogP contribution in [0.2, 0.25) is 0 Å². The third-order valence-corrected chi connectivity index (χ3v) is 5.26. The molecule has 0 aromatic carbocycles. The van der Waals surface area contributed by atoms with Crippen LogP contribution in [0.3, 0.4) is 0 Å². The van der Waals surface area contributed by atoms with E-state index >= 15 is 0 Å². The van der Waals surface area contributed by atoms with Crippen LogP contribution in [0.25, 0.3) is 11.2 Å². The van der Waals surface area contributed by atoms with Gasteiger partial charge in [0.25, 0.3) is 5.56 Å². The van der Waals surface area contributed by atoms with Crippen LogP contribution in [0.5, 0.6) is 0 Å². The first-order chi connectivity index (χ1) is 15.1. The highest BCUT2D eigenvalue weighted by Crippen LogP contribution is 2.30. The van der Waals surface area contributed by atoms with Crippen LogP contribution >= 0.6 is 12.6 Å². The summed E-state index contributed by atoms with van der Waals surface area (Å²) in [6.07, 6.45) is 2.89. The quantitative estimate of drug-likeness (QED) is 0.302. The molecule has 2 aromatic heterocycles. The number of imidazole rings is 1. The molecule has 0 spiro atoms. The number of fused-ring (bicyclic) bond motifs is 1. The van der Waals surface area contributed by atoms with Crippen LogP contribution in [-0.4, -0.2) is 66.0 Å². The van der Waals surface area contributed by atoms with Crippen molar-refractivity contribution in [2.45, 2.75) is 62.7 Å². The zero-order chi connectivity index (χ0) is 23.5. The Balaban J connectivity index is 1.44. The summed E-state index contributed by atoms with van der Waals surface area (Å²) in [6, 6.07) is -1.19. The van der Waals surface area contributed by atoms with E-state index < -0.39 is 28.6 Å². The number of carboxylic acids is 1. The van der Waals surface area contributed by atoms with Gasteiger partial charge in [-0.2, -0.15) is 12.6 Å². The predicted molar refractivity (Wildman–Crippen MR) is 114 cm³/mol. The van der Waals surface area contributed by atoms with Crippen molar-refractivity contribution in [2.75, 3.05) is 6.61 Å². The maximum atomic E-state index is 12.0. The van der Waals surface area contributed by atoms with Crippen LogP contribution < -0.4 is 10.9 Å². The Bertz CT molecular complexity index is 1060. The zero-order valence-electron chi connectivity index (χ0n) is 17.6. The number of aliphatic carboxylic acids is 1. The number of carboxylic acid groups (broad SMARTS) is 1. The minimum absolute atomic E-state index is 0.0129. The number of hydrogen-bond donors (Lipinski definition) is 4. The van der Waals surface area contributed by atoms with Crippen molar-refractivity contribution >= 4 is 41.6 Å². The fraction of sp³-hybridized carbons (Fsp3) is 0.579. The predicted octanol–water partition coefficient (Wildman–Crippen LogP) is 0.398. The summed E-state index contributed by atoms with van der Waals surface area (Å²) in [4.78, 5) is 57.7.